The molecule has 3 aromatic carbocycles. The van der Waals surface area contributed by atoms with E-state index in [1.54, 1.807) is 97.9 Å². The Morgan fingerprint density at radius 3 is 1.83 bits per heavy atom. The van der Waals surface area contributed by atoms with Crippen LogP contribution in [0.4, 0.5) is 0 Å². The predicted octanol–water partition coefficient (Wildman–Crippen LogP) is 4.27. The summed E-state index contributed by atoms with van der Waals surface area (Å²) in [5.41, 5.74) is 0.719. The molecule has 0 aliphatic heterocycles. The van der Waals surface area contributed by atoms with Gasteiger partial charge in [0.2, 0.25) is 0 Å². The fraction of sp³-hybridized carbons (Fsp3) is 0.130. The van der Waals surface area contributed by atoms with E-state index in [1.165, 1.54) is 0 Å². The summed E-state index contributed by atoms with van der Waals surface area (Å²) in [6, 6.07) is 25.5. The third kappa shape index (κ3) is 4.70. The Balaban J connectivity index is 2.07. The molecule has 0 fully saturated rings. The molecule has 0 heterocycles. The number of ketones is 1. The van der Waals surface area contributed by atoms with Crippen molar-refractivity contribution in [3.05, 3.63) is 102 Å². The highest BCUT2D eigenvalue weighted by Crippen LogP contribution is 2.50. The van der Waals surface area contributed by atoms with Crippen LogP contribution in [0.3, 0.4) is 0 Å². The Morgan fingerprint density at radius 2 is 1.31 bits per heavy atom. The van der Waals surface area contributed by atoms with Gasteiger partial charge in [-0.15, -0.1) is 0 Å². The molecule has 0 aliphatic carbocycles. The van der Waals surface area contributed by atoms with Gasteiger partial charge in [-0.05, 0) is 31.2 Å². The van der Waals surface area contributed by atoms with Crippen molar-refractivity contribution in [2.45, 2.75) is 12.7 Å². The summed E-state index contributed by atoms with van der Waals surface area (Å²) in [6.07, 6.45) is 0. The molecule has 0 aromatic heterocycles. The van der Waals surface area contributed by atoms with Gasteiger partial charge in [0.15, 0.2) is 11.6 Å². The van der Waals surface area contributed by atoms with Crippen molar-refractivity contribution in [2.75, 3.05) is 6.61 Å². The summed E-state index contributed by atoms with van der Waals surface area (Å²) in [6.45, 7) is 1.84. The molecular weight excluding hydrogens is 385 g/mol. The van der Waals surface area contributed by atoms with Gasteiger partial charge in [-0.3, -0.25) is 14.2 Å². The highest BCUT2D eigenvalue weighted by molar-refractivity contribution is 7.68. The molecule has 3 rings (SSSR count). The van der Waals surface area contributed by atoms with Crippen molar-refractivity contribution in [2.24, 2.45) is 0 Å². The third-order valence-corrected chi connectivity index (χ3v) is 7.09. The fourth-order valence-corrected chi connectivity index (χ4v) is 5.30. The summed E-state index contributed by atoms with van der Waals surface area (Å²) < 4.78 is 19.7. The summed E-state index contributed by atoms with van der Waals surface area (Å²) in [5.74, 6) is -2.30. The lowest BCUT2D eigenvalue weighted by Crippen LogP contribution is -2.43. The van der Waals surface area contributed by atoms with E-state index in [0.29, 0.717) is 16.4 Å². The van der Waals surface area contributed by atoms with E-state index >= 15 is 0 Å². The number of carbonyl (C=O) groups excluding carboxylic acids is 2. The first-order valence-electron chi connectivity index (χ1n) is 9.31. The van der Waals surface area contributed by atoms with Crippen LogP contribution in [0.2, 0.25) is 0 Å². The Bertz CT molecular complexity index is 1010. The molecule has 0 spiro atoms. The average Bonchev–Trinajstić information content (AvgIpc) is 2.78. The largest absolute Gasteiger partial charge is 0.333 e. The predicted molar refractivity (Wildman–Crippen MR) is 114 cm³/mol. The van der Waals surface area contributed by atoms with E-state index in [2.05, 4.69) is 5.32 Å². The molecule has 6 heteroatoms. The van der Waals surface area contributed by atoms with Gasteiger partial charge in [-0.1, -0.05) is 66.7 Å². The number of benzene rings is 3. The highest BCUT2D eigenvalue weighted by Gasteiger charge is 2.42. The molecule has 0 bridgehead atoms. The number of Topliss-reactive ketones (excluding diaryl/α,β-unsaturated/α-hetero) is 1. The third-order valence-electron chi connectivity index (χ3n) is 4.39. The van der Waals surface area contributed by atoms with E-state index in [1.807, 2.05) is 0 Å². The summed E-state index contributed by atoms with van der Waals surface area (Å²) >= 11 is 0. The zero-order chi connectivity index (χ0) is 20.7. The normalized spacial score (nSPS) is 13.8. The van der Waals surface area contributed by atoms with Crippen molar-refractivity contribution in [3.63, 3.8) is 0 Å². The molecule has 5 nitrogen and oxygen atoms in total. The van der Waals surface area contributed by atoms with Crippen LogP contribution in [0.5, 0.6) is 0 Å². The maximum absolute atomic E-state index is 14.0. The van der Waals surface area contributed by atoms with Gasteiger partial charge in [0, 0.05) is 16.4 Å². The first-order chi connectivity index (χ1) is 14.1. The smallest absolute Gasteiger partial charge is 0.261 e. The van der Waals surface area contributed by atoms with Crippen LogP contribution in [-0.2, 0) is 9.09 Å². The van der Waals surface area contributed by atoms with Gasteiger partial charge in [-0.2, -0.15) is 0 Å². The second-order valence-corrected chi connectivity index (χ2v) is 8.81. The van der Waals surface area contributed by atoms with Gasteiger partial charge in [-0.25, -0.2) is 0 Å². The van der Waals surface area contributed by atoms with E-state index in [-0.39, 0.29) is 6.61 Å². The lowest BCUT2D eigenvalue weighted by molar-refractivity contribution is 0.0882. The van der Waals surface area contributed by atoms with Crippen molar-refractivity contribution in [1.29, 1.82) is 0 Å². The molecule has 0 aliphatic rings. The zero-order valence-corrected chi connectivity index (χ0v) is 16.9. The van der Waals surface area contributed by atoms with Crippen molar-refractivity contribution in [1.82, 2.24) is 5.32 Å². The SMILES string of the molecule is CCO[P@@](=O)(c1ccccc1)[C@H](NC(=O)c1ccccc1)C(=O)c1ccccc1. The molecule has 1 N–H and O–H groups in total. The first-order valence-corrected chi connectivity index (χ1v) is 11.0. The van der Waals surface area contributed by atoms with Crippen LogP contribution in [0.15, 0.2) is 91.0 Å². The highest BCUT2D eigenvalue weighted by atomic mass is 31.2. The Kier molecular flexibility index (Phi) is 6.76. The molecule has 3 aromatic rings. The number of rotatable bonds is 8. The molecular formula is C23H22NO4P. The van der Waals surface area contributed by atoms with Crippen LogP contribution in [-0.4, -0.2) is 24.1 Å². The minimum Gasteiger partial charge on any atom is -0.333 e. The molecule has 148 valence electrons. The molecule has 0 saturated heterocycles. The van der Waals surface area contributed by atoms with Crippen molar-refractivity contribution >= 4 is 24.4 Å². The number of nitrogens with one attached hydrogen (secondary N) is 1. The summed E-state index contributed by atoms with van der Waals surface area (Å²) in [5, 5.41) is 3.06. The van der Waals surface area contributed by atoms with Crippen molar-refractivity contribution in [3.8, 4) is 0 Å². The zero-order valence-electron chi connectivity index (χ0n) is 16.0. The van der Waals surface area contributed by atoms with Crippen LogP contribution >= 0.6 is 7.37 Å². The van der Waals surface area contributed by atoms with Gasteiger partial charge in [0.25, 0.3) is 13.3 Å². The number of carbonyl (C=O) groups is 2. The molecule has 0 unspecified atom stereocenters. The van der Waals surface area contributed by atoms with Gasteiger partial charge in [0.05, 0.1) is 6.61 Å². The van der Waals surface area contributed by atoms with Crippen LogP contribution in [0.25, 0.3) is 0 Å². The van der Waals surface area contributed by atoms with E-state index < -0.39 is 24.8 Å². The second kappa shape index (κ2) is 9.46. The van der Waals surface area contributed by atoms with E-state index in [4.69, 9.17) is 4.52 Å². The monoisotopic (exact) mass is 407 g/mol. The minimum atomic E-state index is -3.76. The molecule has 0 saturated carbocycles. The quantitative estimate of drug-likeness (QED) is 0.447. The van der Waals surface area contributed by atoms with Gasteiger partial charge >= 0.3 is 0 Å². The average molecular weight is 407 g/mol. The standard InChI is InChI=1S/C23H22NO4P/c1-2-28-29(27,20-16-10-5-11-17-20)23(21(25)18-12-6-3-7-13-18)24-22(26)19-14-8-4-9-15-19/h3-17,23H,2H2,1H3,(H,24,26)/t23-,29-/m0/s1. The first kappa shape index (κ1) is 20.7. The van der Waals surface area contributed by atoms with Crippen LogP contribution < -0.4 is 10.6 Å². The fourth-order valence-electron chi connectivity index (χ4n) is 2.99. The van der Waals surface area contributed by atoms with E-state index in [0.717, 1.165) is 0 Å². The van der Waals surface area contributed by atoms with Crippen LogP contribution in [0.1, 0.15) is 27.6 Å². The summed E-state index contributed by atoms with van der Waals surface area (Å²) in [7, 11) is -3.76. The minimum absolute atomic E-state index is 0.131. The summed E-state index contributed by atoms with van der Waals surface area (Å²) in [4.78, 5) is 26.2. The van der Waals surface area contributed by atoms with Gasteiger partial charge in [0.1, 0.15) is 0 Å². The Hall–Kier alpha value is -3.01. The molecule has 0 radical (unpaired) electrons. The lowest BCUT2D eigenvalue weighted by atomic mass is 10.1. The maximum Gasteiger partial charge on any atom is 0.261 e. The second-order valence-electron chi connectivity index (χ2n) is 6.32. The Morgan fingerprint density at radius 1 is 0.828 bits per heavy atom. The van der Waals surface area contributed by atoms with Crippen molar-refractivity contribution < 1.29 is 18.7 Å². The molecule has 29 heavy (non-hydrogen) atoms. The number of amides is 1. The van der Waals surface area contributed by atoms with Crippen LogP contribution in [0, 0.1) is 0 Å². The topological polar surface area (TPSA) is 72.5 Å². The molecule has 1 amide bonds. The maximum atomic E-state index is 14.0. The number of hydrogen-bond donors (Lipinski definition) is 1. The molecule has 2 atom stereocenters. The van der Waals surface area contributed by atoms with Gasteiger partial charge < -0.3 is 9.84 Å². The Labute approximate surface area is 170 Å². The lowest BCUT2D eigenvalue weighted by Gasteiger charge is -2.27. The van der Waals surface area contributed by atoms with E-state index in [9.17, 15) is 14.2 Å². The number of hydrogen-bond acceptors (Lipinski definition) is 4.